The molecular weight excluding hydrogens is 348 g/mol. The molecule has 0 atom stereocenters. The summed E-state index contributed by atoms with van der Waals surface area (Å²) >= 11 is 0. The first kappa shape index (κ1) is 18.8. The highest BCUT2D eigenvalue weighted by Gasteiger charge is 2.37. The first-order valence-electron chi connectivity index (χ1n) is 7.04. The number of benzene rings is 2. The summed E-state index contributed by atoms with van der Waals surface area (Å²) in [5.41, 5.74) is -2.69. The summed E-state index contributed by atoms with van der Waals surface area (Å²) in [7, 11) is 1.29. The first-order chi connectivity index (χ1) is 11.4. The summed E-state index contributed by atoms with van der Waals surface area (Å²) < 4.78 is 77.4. The Morgan fingerprint density at radius 1 is 0.880 bits per heavy atom. The number of carbonyl (C=O) groups excluding carboxylic acids is 1. The number of hydrogen-bond donors (Lipinski definition) is 0. The van der Waals surface area contributed by atoms with Gasteiger partial charge in [-0.2, -0.15) is 26.3 Å². The van der Waals surface area contributed by atoms with E-state index in [1.807, 2.05) is 0 Å². The lowest BCUT2D eigenvalue weighted by Gasteiger charge is -2.21. The number of rotatable bonds is 2. The van der Waals surface area contributed by atoms with E-state index in [4.69, 9.17) is 0 Å². The molecule has 0 aromatic heterocycles. The molecule has 0 heterocycles. The van der Waals surface area contributed by atoms with E-state index in [0.29, 0.717) is 23.4 Å². The number of amides is 1. The third-order valence-corrected chi connectivity index (χ3v) is 3.62. The standard InChI is InChI=1S/C17H13F6NO/c1-10-5-3-4-6-14(10)24(2)15(25)11-7-12(16(18,19)20)9-13(8-11)17(21,22)23/h3-9H,1-2H3. The molecular formula is C17H13F6NO. The summed E-state index contributed by atoms with van der Waals surface area (Å²) in [5, 5.41) is 0. The van der Waals surface area contributed by atoms with Crippen LogP contribution < -0.4 is 4.90 Å². The van der Waals surface area contributed by atoms with Crippen molar-refractivity contribution in [1.29, 1.82) is 0 Å². The number of anilines is 1. The van der Waals surface area contributed by atoms with Gasteiger partial charge in [-0.1, -0.05) is 18.2 Å². The minimum absolute atomic E-state index is 0.00938. The average Bonchev–Trinajstić information content (AvgIpc) is 2.52. The van der Waals surface area contributed by atoms with Crippen molar-refractivity contribution in [3.8, 4) is 0 Å². The van der Waals surface area contributed by atoms with E-state index in [9.17, 15) is 31.1 Å². The van der Waals surface area contributed by atoms with Crippen LogP contribution in [0.5, 0.6) is 0 Å². The van der Waals surface area contributed by atoms with E-state index in [1.54, 1.807) is 31.2 Å². The zero-order chi connectivity index (χ0) is 19.0. The Labute approximate surface area is 139 Å². The van der Waals surface area contributed by atoms with E-state index in [2.05, 4.69) is 0 Å². The highest BCUT2D eigenvalue weighted by atomic mass is 19.4. The predicted octanol–water partition coefficient (Wildman–Crippen LogP) is 5.31. The van der Waals surface area contributed by atoms with Crippen molar-refractivity contribution in [2.75, 3.05) is 11.9 Å². The molecule has 0 spiro atoms. The molecule has 2 nitrogen and oxygen atoms in total. The summed E-state index contributed by atoms with van der Waals surface area (Å²) in [6, 6.07) is 7.36. The number of para-hydroxylation sites is 1. The molecule has 0 aliphatic carbocycles. The van der Waals surface area contributed by atoms with E-state index < -0.39 is 35.0 Å². The Bertz CT molecular complexity index is 762. The van der Waals surface area contributed by atoms with Crippen molar-refractivity contribution in [2.24, 2.45) is 0 Å². The Morgan fingerprint density at radius 2 is 1.36 bits per heavy atom. The average molecular weight is 361 g/mol. The lowest BCUT2D eigenvalue weighted by molar-refractivity contribution is -0.143. The Morgan fingerprint density at radius 3 is 1.80 bits per heavy atom. The molecule has 134 valence electrons. The SMILES string of the molecule is Cc1ccccc1N(C)C(=O)c1cc(C(F)(F)F)cc(C(F)(F)F)c1. The highest BCUT2D eigenvalue weighted by molar-refractivity contribution is 6.06. The van der Waals surface area contributed by atoms with Gasteiger partial charge in [-0.15, -0.1) is 0 Å². The van der Waals surface area contributed by atoms with Crippen LogP contribution >= 0.6 is 0 Å². The number of halogens is 6. The molecule has 0 saturated carbocycles. The first-order valence-corrected chi connectivity index (χ1v) is 7.04. The van der Waals surface area contributed by atoms with Crippen LogP contribution in [0.3, 0.4) is 0 Å². The Kier molecular flexibility index (Phi) is 4.83. The van der Waals surface area contributed by atoms with Gasteiger partial charge in [-0.05, 0) is 36.8 Å². The monoisotopic (exact) mass is 361 g/mol. The molecule has 0 fully saturated rings. The maximum Gasteiger partial charge on any atom is 0.416 e. The Hall–Kier alpha value is -2.51. The fraction of sp³-hybridized carbons (Fsp3) is 0.235. The Balaban J connectivity index is 2.54. The van der Waals surface area contributed by atoms with Gasteiger partial charge in [0.25, 0.3) is 5.91 Å². The topological polar surface area (TPSA) is 20.3 Å². The third-order valence-electron chi connectivity index (χ3n) is 3.62. The minimum atomic E-state index is -5.00. The molecule has 0 bridgehead atoms. The molecule has 25 heavy (non-hydrogen) atoms. The smallest absolute Gasteiger partial charge is 0.311 e. The third kappa shape index (κ3) is 4.12. The summed E-state index contributed by atoms with van der Waals surface area (Å²) in [6.07, 6.45) is -10.0. The van der Waals surface area contributed by atoms with Crippen LogP contribution in [0.15, 0.2) is 42.5 Å². The van der Waals surface area contributed by atoms with Gasteiger partial charge in [-0.3, -0.25) is 4.79 Å². The number of hydrogen-bond acceptors (Lipinski definition) is 1. The van der Waals surface area contributed by atoms with E-state index in [1.165, 1.54) is 7.05 Å². The number of aryl methyl sites for hydroxylation is 1. The van der Waals surface area contributed by atoms with Crippen molar-refractivity contribution in [1.82, 2.24) is 0 Å². The molecule has 0 radical (unpaired) electrons. The maximum atomic E-state index is 12.9. The van der Waals surface area contributed by atoms with Crippen LogP contribution in [0.2, 0.25) is 0 Å². The van der Waals surface area contributed by atoms with Gasteiger partial charge in [0, 0.05) is 18.3 Å². The molecule has 0 N–H and O–H groups in total. The van der Waals surface area contributed by atoms with Gasteiger partial charge in [0.05, 0.1) is 11.1 Å². The van der Waals surface area contributed by atoms with Crippen LogP contribution in [-0.4, -0.2) is 13.0 Å². The zero-order valence-electron chi connectivity index (χ0n) is 13.2. The van der Waals surface area contributed by atoms with Crippen molar-refractivity contribution < 1.29 is 31.1 Å². The van der Waals surface area contributed by atoms with Gasteiger partial charge in [0.2, 0.25) is 0 Å². The quantitative estimate of drug-likeness (QED) is 0.664. The van der Waals surface area contributed by atoms with E-state index >= 15 is 0 Å². The summed E-state index contributed by atoms with van der Waals surface area (Å²) in [6.45, 7) is 1.67. The molecule has 8 heteroatoms. The van der Waals surface area contributed by atoms with E-state index in [0.717, 1.165) is 4.90 Å². The van der Waals surface area contributed by atoms with Crippen molar-refractivity contribution >= 4 is 11.6 Å². The minimum Gasteiger partial charge on any atom is -0.311 e. The van der Waals surface area contributed by atoms with Gasteiger partial charge < -0.3 is 4.90 Å². The lowest BCUT2D eigenvalue weighted by atomic mass is 10.0. The molecule has 0 aliphatic heterocycles. The molecule has 2 rings (SSSR count). The van der Waals surface area contributed by atoms with Crippen LogP contribution in [0.25, 0.3) is 0 Å². The summed E-state index contributed by atoms with van der Waals surface area (Å²) in [5.74, 6) is -0.967. The fourth-order valence-electron chi connectivity index (χ4n) is 2.32. The van der Waals surface area contributed by atoms with Crippen LogP contribution in [-0.2, 0) is 12.4 Å². The summed E-state index contributed by atoms with van der Waals surface area (Å²) in [4.78, 5) is 13.5. The molecule has 0 aliphatic rings. The molecule has 1 amide bonds. The lowest BCUT2D eigenvalue weighted by Crippen LogP contribution is -2.27. The second-order valence-electron chi connectivity index (χ2n) is 5.45. The predicted molar refractivity (Wildman–Crippen MR) is 80.4 cm³/mol. The van der Waals surface area contributed by atoms with Crippen molar-refractivity contribution in [3.63, 3.8) is 0 Å². The van der Waals surface area contributed by atoms with Crippen LogP contribution in [0.1, 0.15) is 27.0 Å². The highest BCUT2D eigenvalue weighted by Crippen LogP contribution is 2.36. The fourth-order valence-corrected chi connectivity index (χ4v) is 2.32. The maximum absolute atomic E-state index is 12.9. The molecule has 2 aromatic carbocycles. The van der Waals surface area contributed by atoms with Crippen molar-refractivity contribution in [2.45, 2.75) is 19.3 Å². The number of alkyl halides is 6. The van der Waals surface area contributed by atoms with Gasteiger partial charge in [-0.25, -0.2) is 0 Å². The second kappa shape index (κ2) is 6.42. The molecule has 0 unspecified atom stereocenters. The van der Waals surface area contributed by atoms with E-state index in [-0.39, 0.29) is 6.07 Å². The number of nitrogens with zero attached hydrogens (tertiary/aromatic N) is 1. The van der Waals surface area contributed by atoms with Crippen molar-refractivity contribution in [3.05, 3.63) is 64.7 Å². The zero-order valence-corrected chi connectivity index (χ0v) is 13.2. The number of carbonyl (C=O) groups is 1. The second-order valence-corrected chi connectivity index (χ2v) is 5.45. The van der Waals surface area contributed by atoms with Crippen LogP contribution in [0, 0.1) is 6.92 Å². The molecule has 2 aromatic rings. The van der Waals surface area contributed by atoms with Gasteiger partial charge in [0.15, 0.2) is 0 Å². The van der Waals surface area contributed by atoms with Gasteiger partial charge in [0.1, 0.15) is 0 Å². The normalized spacial score (nSPS) is 12.2. The van der Waals surface area contributed by atoms with Crippen LogP contribution in [0.4, 0.5) is 32.0 Å². The molecule has 0 saturated heterocycles. The largest absolute Gasteiger partial charge is 0.416 e. The van der Waals surface area contributed by atoms with Gasteiger partial charge >= 0.3 is 12.4 Å².